The predicted molar refractivity (Wildman–Crippen MR) is 67.3 cm³/mol. The number of halogens is 1. The van der Waals surface area contributed by atoms with E-state index in [1.165, 1.54) is 24.0 Å². The minimum atomic E-state index is -0.973. The molecule has 86 valence electrons. The van der Waals surface area contributed by atoms with Gasteiger partial charge in [0, 0.05) is 28.0 Å². The summed E-state index contributed by atoms with van der Waals surface area (Å²) in [6, 6.07) is 5.08. The van der Waals surface area contributed by atoms with Crippen LogP contribution in [0.5, 0.6) is 0 Å². The summed E-state index contributed by atoms with van der Waals surface area (Å²) in [7, 11) is 0. The van der Waals surface area contributed by atoms with Crippen LogP contribution in [0.4, 0.5) is 0 Å². The first-order chi connectivity index (χ1) is 8.16. The number of pyridine rings is 2. The van der Waals surface area contributed by atoms with E-state index in [2.05, 4.69) is 25.9 Å². The average molecular weight is 311 g/mol. The topological polar surface area (TPSA) is 63.1 Å². The fourth-order valence-corrected chi connectivity index (χ4v) is 2.36. The molecule has 0 aliphatic heterocycles. The Labute approximate surface area is 110 Å². The third kappa shape index (κ3) is 3.04. The summed E-state index contributed by atoms with van der Waals surface area (Å²) >= 11 is 4.83. The molecule has 0 spiro atoms. The summed E-state index contributed by atoms with van der Waals surface area (Å²) in [5, 5.41) is 9.48. The van der Waals surface area contributed by atoms with Crippen molar-refractivity contribution in [2.24, 2.45) is 0 Å². The summed E-state index contributed by atoms with van der Waals surface area (Å²) in [5.41, 5.74) is 0.183. The van der Waals surface area contributed by atoms with E-state index in [4.69, 9.17) is 5.11 Å². The minimum Gasteiger partial charge on any atom is -0.478 e. The van der Waals surface area contributed by atoms with Crippen LogP contribution in [0.1, 0.15) is 10.4 Å². The number of carbonyl (C=O) groups is 1. The van der Waals surface area contributed by atoms with Gasteiger partial charge in [-0.05, 0) is 34.1 Å². The number of rotatable bonds is 3. The Balaban J connectivity index is 2.20. The Kier molecular flexibility index (Phi) is 3.75. The van der Waals surface area contributed by atoms with Crippen molar-refractivity contribution in [1.29, 1.82) is 0 Å². The van der Waals surface area contributed by atoms with E-state index in [9.17, 15) is 4.79 Å². The van der Waals surface area contributed by atoms with Gasteiger partial charge in [-0.1, -0.05) is 11.8 Å². The molecular weight excluding hydrogens is 304 g/mol. The molecular formula is C11H7BrN2O2S. The van der Waals surface area contributed by atoms with Crippen LogP contribution in [0.25, 0.3) is 0 Å². The molecule has 1 N–H and O–H groups in total. The summed E-state index contributed by atoms with van der Waals surface area (Å²) in [4.78, 5) is 19.7. The molecule has 0 bridgehead atoms. The minimum absolute atomic E-state index is 0.183. The predicted octanol–water partition coefficient (Wildman–Crippen LogP) is 3.09. The fraction of sp³-hybridized carbons (Fsp3) is 0. The number of aromatic carboxylic acids is 1. The Morgan fingerprint density at radius 1 is 1.29 bits per heavy atom. The van der Waals surface area contributed by atoms with Gasteiger partial charge in [-0.25, -0.2) is 9.78 Å². The second kappa shape index (κ2) is 5.29. The largest absolute Gasteiger partial charge is 0.478 e. The molecule has 0 amide bonds. The lowest BCUT2D eigenvalue weighted by atomic mass is 10.3. The van der Waals surface area contributed by atoms with E-state index >= 15 is 0 Å². The summed E-state index contributed by atoms with van der Waals surface area (Å²) < 4.78 is 0.883. The summed E-state index contributed by atoms with van der Waals surface area (Å²) in [6.45, 7) is 0. The molecule has 2 heterocycles. The third-order valence-corrected chi connectivity index (χ3v) is 3.85. The Hall–Kier alpha value is -1.40. The molecule has 4 nitrogen and oxygen atoms in total. The van der Waals surface area contributed by atoms with Crippen molar-refractivity contribution in [2.45, 2.75) is 9.92 Å². The monoisotopic (exact) mass is 310 g/mol. The molecule has 2 aromatic heterocycles. The molecule has 0 saturated heterocycles. The highest BCUT2D eigenvalue weighted by atomic mass is 79.9. The van der Waals surface area contributed by atoms with Crippen LogP contribution in [-0.4, -0.2) is 21.0 Å². The number of hydrogen-bond donors (Lipinski definition) is 1. The first kappa shape index (κ1) is 12.1. The molecule has 0 aliphatic rings. The smallest absolute Gasteiger partial charge is 0.337 e. The second-order valence-electron chi connectivity index (χ2n) is 3.10. The molecule has 17 heavy (non-hydrogen) atoms. The normalized spacial score (nSPS) is 10.2. The summed E-state index contributed by atoms with van der Waals surface area (Å²) in [5.74, 6) is -0.973. The zero-order valence-electron chi connectivity index (χ0n) is 8.50. The number of hydrogen-bond acceptors (Lipinski definition) is 4. The molecule has 0 aromatic carbocycles. The van der Waals surface area contributed by atoms with Crippen LogP contribution < -0.4 is 0 Å². The van der Waals surface area contributed by atoms with Gasteiger partial charge in [-0.15, -0.1) is 0 Å². The number of carboxylic acids is 1. The molecule has 2 rings (SSSR count). The lowest BCUT2D eigenvalue weighted by Crippen LogP contribution is -1.96. The van der Waals surface area contributed by atoms with Gasteiger partial charge >= 0.3 is 5.97 Å². The lowest BCUT2D eigenvalue weighted by Gasteiger charge is -2.02. The number of carboxylic acid groups (broad SMARTS) is 1. The van der Waals surface area contributed by atoms with Crippen molar-refractivity contribution in [2.75, 3.05) is 0 Å². The van der Waals surface area contributed by atoms with E-state index < -0.39 is 5.97 Å². The van der Waals surface area contributed by atoms with Crippen LogP contribution in [0.3, 0.4) is 0 Å². The van der Waals surface area contributed by atoms with E-state index in [0.29, 0.717) is 0 Å². The van der Waals surface area contributed by atoms with E-state index in [1.807, 2.05) is 6.07 Å². The maximum absolute atomic E-state index is 10.7. The molecule has 0 fully saturated rings. The van der Waals surface area contributed by atoms with Gasteiger partial charge in [0.1, 0.15) is 5.03 Å². The van der Waals surface area contributed by atoms with E-state index in [1.54, 1.807) is 18.5 Å². The second-order valence-corrected chi connectivity index (χ2v) is 5.01. The molecule has 0 saturated carbocycles. The average Bonchev–Trinajstić information content (AvgIpc) is 2.33. The Morgan fingerprint density at radius 2 is 2.12 bits per heavy atom. The molecule has 0 atom stereocenters. The zero-order valence-corrected chi connectivity index (χ0v) is 10.9. The maximum atomic E-state index is 10.7. The van der Waals surface area contributed by atoms with Gasteiger partial charge in [-0.2, -0.15) is 0 Å². The first-order valence-corrected chi connectivity index (χ1v) is 6.24. The quantitative estimate of drug-likeness (QED) is 0.944. The standard InChI is InChI=1S/C11H7BrN2O2S/c12-8-6-13-4-3-9(8)17-10-2-1-7(5-14-10)11(15)16/h1-6H,(H,15,16). The van der Waals surface area contributed by atoms with E-state index in [-0.39, 0.29) is 5.56 Å². The van der Waals surface area contributed by atoms with Gasteiger partial charge in [0.15, 0.2) is 0 Å². The first-order valence-electron chi connectivity index (χ1n) is 4.63. The van der Waals surface area contributed by atoms with E-state index in [0.717, 1.165) is 14.4 Å². The van der Waals surface area contributed by atoms with Crippen molar-refractivity contribution in [3.63, 3.8) is 0 Å². The lowest BCUT2D eigenvalue weighted by molar-refractivity contribution is 0.0696. The van der Waals surface area contributed by atoms with Crippen LogP contribution in [-0.2, 0) is 0 Å². The fourth-order valence-electron chi connectivity index (χ4n) is 1.13. The highest BCUT2D eigenvalue weighted by Gasteiger charge is 2.05. The van der Waals surface area contributed by atoms with Crippen molar-refractivity contribution in [1.82, 2.24) is 9.97 Å². The van der Waals surface area contributed by atoms with Crippen molar-refractivity contribution < 1.29 is 9.90 Å². The zero-order chi connectivity index (χ0) is 12.3. The molecule has 0 radical (unpaired) electrons. The van der Waals surface area contributed by atoms with Crippen LogP contribution in [0.15, 0.2) is 51.2 Å². The number of nitrogens with zero attached hydrogens (tertiary/aromatic N) is 2. The Morgan fingerprint density at radius 3 is 2.71 bits per heavy atom. The van der Waals surface area contributed by atoms with Crippen molar-refractivity contribution in [3.05, 3.63) is 46.8 Å². The van der Waals surface area contributed by atoms with Crippen LogP contribution in [0.2, 0.25) is 0 Å². The maximum Gasteiger partial charge on any atom is 0.337 e. The van der Waals surface area contributed by atoms with Gasteiger partial charge in [0.25, 0.3) is 0 Å². The Bertz CT molecular complexity index is 545. The third-order valence-electron chi connectivity index (χ3n) is 1.93. The van der Waals surface area contributed by atoms with Gasteiger partial charge in [0.05, 0.1) is 5.56 Å². The highest BCUT2D eigenvalue weighted by molar-refractivity contribution is 9.10. The SMILES string of the molecule is O=C(O)c1ccc(Sc2ccncc2Br)nc1. The van der Waals surface area contributed by atoms with Crippen molar-refractivity contribution in [3.8, 4) is 0 Å². The highest BCUT2D eigenvalue weighted by Crippen LogP contribution is 2.31. The van der Waals surface area contributed by atoms with Crippen LogP contribution >= 0.6 is 27.7 Å². The van der Waals surface area contributed by atoms with Gasteiger partial charge in [0.2, 0.25) is 0 Å². The number of aromatic nitrogens is 2. The molecule has 0 unspecified atom stereocenters. The molecule has 2 aromatic rings. The van der Waals surface area contributed by atoms with Gasteiger partial charge in [-0.3, -0.25) is 4.98 Å². The van der Waals surface area contributed by atoms with Gasteiger partial charge < -0.3 is 5.11 Å². The summed E-state index contributed by atoms with van der Waals surface area (Å²) in [6.07, 6.45) is 4.74. The molecule has 6 heteroatoms. The van der Waals surface area contributed by atoms with Crippen LogP contribution in [0, 0.1) is 0 Å². The molecule has 0 aliphatic carbocycles. The van der Waals surface area contributed by atoms with Crippen molar-refractivity contribution >= 4 is 33.7 Å².